The summed E-state index contributed by atoms with van der Waals surface area (Å²) >= 11 is 3.36. The van der Waals surface area contributed by atoms with Crippen molar-refractivity contribution < 1.29 is 15.0 Å². The highest BCUT2D eigenvalue weighted by Gasteiger charge is 2.25. The number of phenols is 1. The number of halogens is 1. The van der Waals surface area contributed by atoms with Crippen molar-refractivity contribution in [3.63, 3.8) is 0 Å². The summed E-state index contributed by atoms with van der Waals surface area (Å²) in [7, 11) is 0. The second-order valence-corrected chi connectivity index (χ2v) is 5.81. The molecule has 0 saturated heterocycles. The van der Waals surface area contributed by atoms with Crippen LogP contribution in [0.25, 0.3) is 0 Å². The van der Waals surface area contributed by atoms with Gasteiger partial charge in [0.25, 0.3) is 0 Å². The first-order chi connectivity index (χ1) is 8.86. The molecular weight excluding hydrogens is 310 g/mol. The average molecular weight is 330 g/mol. The molecule has 4 nitrogen and oxygen atoms in total. The van der Waals surface area contributed by atoms with E-state index in [1.54, 1.807) is 12.1 Å². The number of carbonyl (C=O) groups is 1. The molecule has 3 N–H and O–H groups in total. The summed E-state index contributed by atoms with van der Waals surface area (Å²) in [6, 6.07) is 4.34. The molecule has 0 aliphatic heterocycles. The number of hydrogen-bond acceptors (Lipinski definition) is 3. The van der Waals surface area contributed by atoms with Crippen molar-refractivity contribution in [3.05, 3.63) is 28.2 Å². The standard InChI is InChI=1S/C14H20BrNO3/c1-4-11(16-13(8(2)3)14(18)19)10-7-9(15)5-6-12(10)17/h5-8,11,13,16-17H,4H2,1-3H3,(H,18,19). The second kappa shape index (κ2) is 6.91. The fourth-order valence-corrected chi connectivity index (χ4v) is 2.38. The number of aliphatic carboxylic acids is 1. The van der Waals surface area contributed by atoms with Gasteiger partial charge in [0.2, 0.25) is 0 Å². The summed E-state index contributed by atoms with van der Waals surface area (Å²) in [6.07, 6.45) is 0.695. The zero-order valence-corrected chi connectivity index (χ0v) is 12.9. The zero-order valence-electron chi connectivity index (χ0n) is 11.4. The van der Waals surface area contributed by atoms with Gasteiger partial charge in [-0.25, -0.2) is 0 Å². The van der Waals surface area contributed by atoms with E-state index in [0.717, 1.165) is 4.47 Å². The first-order valence-electron chi connectivity index (χ1n) is 6.34. The van der Waals surface area contributed by atoms with Crippen molar-refractivity contribution in [1.29, 1.82) is 0 Å². The summed E-state index contributed by atoms with van der Waals surface area (Å²) in [6.45, 7) is 5.68. The van der Waals surface area contributed by atoms with Crippen LogP contribution in [0, 0.1) is 5.92 Å². The molecule has 0 saturated carbocycles. The zero-order chi connectivity index (χ0) is 14.6. The lowest BCUT2D eigenvalue weighted by atomic mass is 9.98. The van der Waals surface area contributed by atoms with Crippen LogP contribution in [0.3, 0.4) is 0 Å². The number of carboxylic acid groups (broad SMARTS) is 1. The van der Waals surface area contributed by atoms with Crippen LogP contribution in [0.5, 0.6) is 5.75 Å². The van der Waals surface area contributed by atoms with Gasteiger partial charge in [0.1, 0.15) is 11.8 Å². The highest BCUT2D eigenvalue weighted by atomic mass is 79.9. The van der Waals surface area contributed by atoms with E-state index in [1.165, 1.54) is 0 Å². The summed E-state index contributed by atoms with van der Waals surface area (Å²) in [5, 5.41) is 22.2. The topological polar surface area (TPSA) is 69.6 Å². The molecule has 0 aliphatic rings. The molecule has 1 aromatic rings. The molecule has 0 radical (unpaired) electrons. The van der Waals surface area contributed by atoms with Gasteiger partial charge < -0.3 is 10.2 Å². The second-order valence-electron chi connectivity index (χ2n) is 4.89. The molecule has 1 rings (SSSR count). The van der Waals surface area contributed by atoms with Crippen LogP contribution in [0.15, 0.2) is 22.7 Å². The van der Waals surface area contributed by atoms with Gasteiger partial charge in [-0.1, -0.05) is 36.7 Å². The van der Waals surface area contributed by atoms with Crippen LogP contribution in [0.2, 0.25) is 0 Å². The van der Waals surface area contributed by atoms with Crippen LogP contribution >= 0.6 is 15.9 Å². The van der Waals surface area contributed by atoms with E-state index >= 15 is 0 Å². The Morgan fingerprint density at radius 2 is 2.05 bits per heavy atom. The van der Waals surface area contributed by atoms with E-state index in [4.69, 9.17) is 0 Å². The quantitative estimate of drug-likeness (QED) is 0.748. The van der Waals surface area contributed by atoms with Gasteiger partial charge in [-0.05, 0) is 30.5 Å². The number of nitrogens with one attached hydrogen (secondary N) is 1. The van der Waals surface area contributed by atoms with E-state index in [0.29, 0.717) is 12.0 Å². The van der Waals surface area contributed by atoms with Crippen molar-refractivity contribution >= 4 is 21.9 Å². The average Bonchev–Trinajstić information content (AvgIpc) is 2.33. The van der Waals surface area contributed by atoms with E-state index in [-0.39, 0.29) is 17.7 Å². The summed E-state index contributed by atoms with van der Waals surface area (Å²) in [4.78, 5) is 11.2. The fraction of sp³-hybridized carbons (Fsp3) is 0.500. The van der Waals surface area contributed by atoms with Crippen LogP contribution in [-0.2, 0) is 4.79 Å². The van der Waals surface area contributed by atoms with E-state index in [9.17, 15) is 15.0 Å². The predicted octanol–water partition coefficient (Wildman–Crippen LogP) is 3.30. The van der Waals surface area contributed by atoms with Crippen molar-refractivity contribution in [3.8, 4) is 5.75 Å². The van der Waals surface area contributed by atoms with E-state index in [1.807, 2.05) is 26.8 Å². The van der Waals surface area contributed by atoms with Crippen LogP contribution in [0.1, 0.15) is 38.8 Å². The normalized spacial score (nSPS) is 14.4. The number of hydrogen-bond donors (Lipinski definition) is 3. The number of carboxylic acids is 1. The Hall–Kier alpha value is -1.07. The number of benzene rings is 1. The van der Waals surface area contributed by atoms with Crippen molar-refractivity contribution in [2.45, 2.75) is 39.3 Å². The molecule has 0 aromatic heterocycles. The molecule has 0 fully saturated rings. The summed E-state index contributed by atoms with van der Waals surface area (Å²) in [5.74, 6) is -0.723. The minimum absolute atomic E-state index is 0.0270. The maximum absolute atomic E-state index is 11.2. The molecule has 2 unspecified atom stereocenters. The lowest BCUT2D eigenvalue weighted by Crippen LogP contribution is -2.42. The molecule has 5 heteroatoms. The van der Waals surface area contributed by atoms with Gasteiger partial charge in [0.15, 0.2) is 0 Å². The third-order valence-electron chi connectivity index (χ3n) is 3.09. The minimum Gasteiger partial charge on any atom is -0.508 e. The number of rotatable bonds is 6. The third kappa shape index (κ3) is 4.21. The molecule has 19 heavy (non-hydrogen) atoms. The molecule has 1 aromatic carbocycles. The van der Waals surface area contributed by atoms with E-state index < -0.39 is 12.0 Å². The fourth-order valence-electron chi connectivity index (χ4n) is 2.00. The maximum atomic E-state index is 11.2. The minimum atomic E-state index is -0.872. The van der Waals surface area contributed by atoms with Gasteiger partial charge in [-0.2, -0.15) is 0 Å². The predicted molar refractivity (Wildman–Crippen MR) is 78.2 cm³/mol. The molecule has 0 amide bonds. The van der Waals surface area contributed by atoms with Gasteiger partial charge in [0.05, 0.1) is 0 Å². The monoisotopic (exact) mass is 329 g/mol. The highest BCUT2D eigenvalue weighted by molar-refractivity contribution is 9.10. The SMILES string of the molecule is CCC(NC(C(=O)O)C(C)C)c1cc(Br)ccc1O. The van der Waals surface area contributed by atoms with Gasteiger partial charge in [-0.3, -0.25) is 10.1 Å². The molecule has 0 bridgehead atoms. The summed E-state index contributed by atoms with van der Waals surface area (Å²) < 4.78 is 0.858. The Kier molecular flexibility index (Phi) is 5.82. The lowest BCUT2D eigenvalue weighted by Gasteiger charge is -2.25. The molecule has 0 spiro atoms. The first-order valence-corrected chi connectivity index (χ1v) is 7.13. The largest absolute Gasteiger partial charge is 0.508 e. The highest BCUT2D eigenvalue weighted by Crippen LogP contribution is 2.30. The van der Waals surface area contributed by atoms with Crippen molar-refractivity contribution in [2.24, 2.45) is 5.92 Å². The molecule has 106 valence electrons. The van der Waals surface area contributed by atoms with Crippen LogP contribution < -0.4 is 5.32 Å². The van der Waals surface area contributed by atoms with E-state index in [2.05, 4.69) is 21.2 Å². The molecule has 0 aliphatic carbocycles. The Morgan fingerprint density at radius 1 is 1.42 bits per heavy atom. The molecule has 2 atom stereocenters. The Balaban J connectivity index is 3.00. The third-order valence-corrected chi connectivity index (χ3v) is 3.58. The Labute approximate surface area is 122 Å². The number of aromatic hydroxyl groups is 1. The molecule has 0 heterocycles. The maximum Gasteiger partial charge on any atom is 0.320 e. The lowest BCUT2D eigenvalue weighted by molar-refractivity contribution is -0.140. The number of phenolic OH excluding ortho intramolecular Hbond substituents is 1. The first kappa shape index (κ1) is 16.0. The van der Waals surface area contributed by atoms with Crippen LogP contribution in [0.4, 0.5) is 0 Å². The van der Waals surface area contributed by atoms with Crippen molar-refractivity contribution in [2.75, 3.05) is 0 Å². The Bertz CT molecular complexity index is 448. The summed E-state index contributed by atoms with van der Waals surface area (Å²) in [5.41, 5.74) is 0.712. The molecular formula is C14H20BrNO3. The van der Waals surface area contributed by atoms with Gasteiger partial charge >= 0.3 is 5.97 Å². The Morgan fingerprint density at radius 3 is 2.53 bits per heavy atom. The van der Waals surface area contributed by atoms with Gasteiger partial charge in [-0.15, -0.1) is 0 Å². The van der Waals surface area contributed by atoms with Crippen LogP contribution in [-0.4, -0.2) is 22.2 Å². The van der Waals surface area contributed by atoms with Gasteiger partial charge in [0, 0.05) is 16.1 Å². The smallest absolute Gasteiger partial charge is 0.320 e. The van der Waals surface area contributed by atoms with Crippen molar-refractivity contribution in [1.82, 2.24) is 5.32 Å².